The second-order valence-corrected chi connectivity index (χ2v) is 4.28. The number of ether oxygens (including phenoxy) is 1. The minimum absolute atomic E-state index is 0.225. The van der Waals surface area contributed by atoms with Crippen LogP contribution in [0.15, 0.2) is 24.3 Å². The predicted molar refractivity (Wildman–Crippen MR) is 76.8 cm³/mol. The molecule has 98 valence electrons. The molecule has 0 aliphatic rings. The van der Waals surface area contributed by atoms with Gasteiger partial charge in [0.2, 0.25) is 0 Å². The number of nitrogens with one attached hydrogen (secondary N) is 2. The molecule has 0 aliphatic carbocycles. The van der Waals surface area contributed by atoms with Gasteiger partial charge in [0.05, 0.1) is 7.11 Å². The molecule has 0 unspecified atom stereocenters. The van der Waals surface area contributed by atoms with Gasteiger partial charge in [0.25, 0.3) is 0 Å². The van der Waals surface area contributed by atoms with E-state index in [0.29, 0.717) is 0 Å². The van der Waals surface area contributed by atoms with Crippen molar-refractivity contribution in [2.45, 2.75) is 26.2 Å². The molecule has 0 radical (unpaired) electrons. The molecule has 1 aromatic carbocycles. The maximum atomic E-state index is 10.9. The Kier molecular flexibility index (Phi) is 6.14. The van der Waals surface area contributed by atoms with Crippen molar-refractivity contribution >= 4 is 29.1 Å². The van der Waals surface area contributed by atoms with Crippen LogP contribution < -0.4 is 10.6 Å². The first-order chi connectivity index (χ1) is 8.65. The highest BCUT2D eigenvalue weighted by Crippen LogP contribution is 2.11. The Morgan fingerprint density at radius 2 is 2.00 bits per heavy atom. The van der Waals surface area contributed by atoms with Crippen molar-refractivity contribution in [2.24, 2.45) is 0 Å². The van der Waals surface area contributed by atoms with Crippen LogP contribution in [0.1, 0.15) is 25.3 Å². The van der Waals surface area contributed by atoms with Crippen LogP contribution in [0.3, 0.4) is 0 Å². The Morgan fingerprint density at radius 3 is 2.56 bits per heavy atom. The summed E-state index contributed by atoms with van der Waals surface area (Å²) in [5.74, 6) is 0. The summed E-state index contributed by atoms with van der Waals surface area (Å²) in [6.45, 7) is 2.17. The molecule has 1 amide bonds. The number of anilines is 1. The van der Waals surface area contributed by atoms with Crippen molar-refractivity contribution in [1.82, 2.24) is 5.32 Å². The van der Waals surface area contributed by atoms with Crippen LogP contribution in [0.5, 0.6) is 0 Å². The van der Waals surface area contributed by atoms with E-state index in [4.69, 9.17) is 12.2 Å². The molecule has 0 saturated heterocycles. The third-order valence-corrected chi connectivity index (χ3v) is 2.64. The average Bonchev–Trinajstić information content (AvgIpc) is 2.37. The lowest BCUT2D eigenvalue weighted by Crippen LogP contribution is -2.33. The van der Waals surface area contributed by atoms with E-state index >= 15 is 0 Å². The molecular formula is C13H18N2O2S. The quantitative estimate of drug-likeness (QED) is 0.822. The third-order valence-electron chi connectivity index (χ3n) is 2.43. The molecule has 1 rings (SSSR count). The summed E-state index contributed by atoms with van der Waals surface area (Å²) in [7, 11) is 1.29. The van der Waals surface area contributed by atoms with Crippen LogP contribution in [0.4, 0.5) is 10.5 Å². The molecule has 2 N–H and O–H groups in total. The minimum Gasteiger partial charge on any atom is -0.453 e. The van der Waals surface area contributed by atoms with Crippen molar-refractivity contribution in [1.29, 1.82) is 0 Å². The predicted octanol–water partition coefficient (Wildman–Crippen LogP) is 3.08. The van der Waals surface area contributed by atoms with Crippen LogP contribution in [0, 0.1) is 0 Å². The normalized spacial score (nSPS) is 9.67. The monoisotopic (exact) mass is 266 g/mol. The maximum Gasteiger partial charge on any atom is 0.413 e. The van der Waals surface area contributed by atoms with Crippen LogP contribution >= 0.6 is 12.2 Å². The first kappa shape index (κ1) is 14.4. The SMILES string of the molecule is CCCCc1ccc(NC(=S)NC(=O)OC)cc1. The van der Waals surface area contributed by atoms with Crippen molar-refractivity contribution in [3.63, 3.8) is 0 Å². The zero-order chi connectivity index (χ0) is 13.4. The largest absolute Gasteiger partial charge is 0.453 e. The van der Waals surface area contributed by atoms with Gasteiger partial charge in [-0.15, -0.1) is 0 Å². The fourth-order valence-corrected chi connectivity index (χ4v) is 1.64. The Balaban J connectivity index is 2.47. The molecule has 1 aromatic rings. The summed E-state index contributed by atoms with van der Waals surface area (Å²) in [4.78, 5) is 10.9. The molecule has 0 fully saturated rings. The summed E-state index contributed by atoms with van der Waals surface area (Å²) in [6, 6.07) is 7.99. The second-order valence-electron chi connectivity index (χ2n) is 3.87. The Hall–Kier alpha value is -1.62. The van der Waals surface area contributed by atoms with E-state index in [1.165, 1.54) is 25.5 Å². The van der Waals surface area contributed by atoms with Crippen LogP contribution in [0.25, 0.3) is 0 Å². The number of amides is 1. The summed E-state index contributed by atoms with van der Waals surface area (Å²) >= 11 is 4.96. The molecule has 0 spiro atoms. The number of rotatable bonds is 4. The van der Waals surface area contributed by atoms with E-state index in [1.807, 2.05) is 12.1 Å². The lowest BCUT2D eigenvalue weighted by molar-refractivity contribution is 0.177. The van der Waals surface area contributed by atoms with Gasteiger partial charge in [0.15, 0.2) is 5.11 Å². The molecule has 0 aliphatic heterocycles. The van der Waals surface area contributed by atoms with Crippen LogP contribution in [-0.4, -0.2) is 18.3 Å². The lowest BCUT2D eigenvalue weighted by Gasteiger charge is -2.09. The van der Waals surface area contributed by atoms with E-state index in [-0.39, 0.29) is 5.11 Å². The number of alkyl carbamates (subject to hydrolysis) is 1. The fourth-order valence-electron chi connectivity index (χ4n) is 1.44. The highest BCUT2D eigenvalue weighted by molar-refractivity contribution is 7.80. The lowest BCUT2D eigenvalue weighted by atomic mass is 10.1. The number of methoxy groups -OCH3 is 1. The average molecular weight is 266 g/mol. The van der Waals surface area contributed by atoms with E-state index < -0.39 is 6.09 Å². The van der Waals surface area contributed by atoms with E-state index in [1.54, 1.807) is 0 Å². The highest BCUT2D eigenvalue weighted by Gasteiger charge is 2.03. The number of thiocarbonyl (C=S) groups is 1. The number of unbranched alkanes of at least 4 members (excludes halogenated alkanes) is 1. The zero-order valence-electron chi connectivity index (χ0n) is 10.7. The summed E-state index contributed by atoms with van der Waals surface area (Å²) in [5, 5.41) is 5.52. The van der Waals surface area contributed by atoms with Crippen LogP contribution in [-0.2, 0) is 11.2 Å². The van der Waals surface area contributed by atoms with Gasteiger partial charge in [0.1, 0.15) is 0 Å². The standard InChI is InChI=1S/C13H18N2O2S/c1-3-4-5-10-6-8-11(9-7-10)14-12(18)15-13(16)17-2/h6-9H,3-5H2,1-2H3,(H2,14,15,16,18). The molecule has 5 heteroatoms. The van der Waals surface area contributed by atoms with Crippen molar-refractivity contribution in [3.8, 4) is 0 Å². The minimum atomic E-state index is -0.577. The van der Waals surface area contributed by atoms with Crippen molar-refractivity contribution in [2.75, 3.05) is 12.4 Å². The highest BCUT2D eigenvalue weighted by atomic mass is 32.1. The molecule has 0 aromatic heterocycles. The molecule has 0 bridgehead atoms. The van der Waals surface area contributed by atoms with Gasteiger partial charge < -0.3 is 10.1 Å². The molecule has 4 nitrogen and oxygen atoms in total. The van der Waals surface area contributed by atoms with Gasteiger partial charge in [-0.25, -0.2) is 4.79 Å². The number of carbonyl (C=O) groups is 1. The van der Waals surface area contributed by atoms with Crippen molar-refractivity contribution < 1.29 is 9.53 Å². The Morgan fingerprint density at radius 1 is 1.33 bits per heavy atom. The summed E-state index contributed by atoms with van der Waals surface area (Å²) in [6.07, 6.45) is 2.89. The maximum absolute atomic E-state index is 10.9. The number of benzene rings is 1. The van der Waals surface area contributed by atoms with Gasteiger partial charge in [-0.1, -0.05) is 25.5 Å². The van der Waals surface area contributed by atoms with E-state index in [0.717, 1.165) is 12.1 Å². The summed E-state index contributed by atoms with van der Waals surface area (Å²) in [5.41, 5.74) is 2.14. The Labute approximate surface area is 113 Å². The topological polar surface area (TPSA) is 50.4 Å². The van der Waals surface area contributed by atoms with Gasteiger partial charge in [-0.3, -0.25) is 5.32 Å². The molecule has 0 heterocycles. The number of hydrogen-bond donors (Lipinski definition) is 2. The number of hydrogen-bond acceptors (Lipinski definition) is 3. The molecule has 0 atom stereocenters. The third kappa shape index (κ3) is 5.14. The van der Waals surface area contributed by atoms with Crippen molar-refractivity contribution in [3.05, 3.63) is 29.8 Å². The van der Waals surface area contributed by atoms with E-state index in [2.05, 4.69) is 34.4 Å². The van der Waals surface area contributed by atoms with Gasteiger partial charge >= 0.3 is 6.09 Å². The van der Waals surface area contributed by atoms with Gasteiger partial charge in [-0.05, 0) is 42.8 Å². The molecule has 0 saturated carbocycles. The first-order valence-corrected chi connectivity index (χ1v) is 6.31. The van der Waals surface area contributed by atoms with E-state index in [9.17, 15) is 4.79 Å². The van der Waals surface area contributed by atoms with Gasteiger partial charge in [-0.2, -0.15) is 0 Å². The first-order valence-electron chi connectivity index (χ1n) is 5.90. The fraction of sp³-hybridized carbons (Fsp3) is 0.385. The summed E-state index contributed by atoms with van der Waals surface area (Å²) < 4.78 is 4.44. The number of aryl methyl sites for hydroxylation is 1. The smallest absolute Gasteiger partial charge is 0.413 e. The molecular weight excluding hydrogens is 248 g/mol. The van der Waals surface area contributed by atoms with Gasteiger partial charge in [0, 0.05) is 5.69 Å². The molecule has 18 heavy (non-hydrogen) atoms. The zero-order valence-corrected chi connectivity index (χ0v) is 11.5. The number of carbonyl (C=O) groups excluding carboxylic acids is 1. The Bertz CT molecular complexity index is 404. The second kappa shape index (κ2) is 7.66. The van der Waals surface area contributed by atoms with Crippen LogP contribution in [0.2, 0.25) is 0 Å².